The molecule has 4 saturated carbocycles. The first kappa shape index (κ1) is 28.3. The Kier molecular flexibility index (Phi) is 7.54. The molecule has 0 saturated heterocycles. The molecule has 0 radical (unpaired) electrons. The van der Waals surface area contributed by atoms with Gasteiger partial charge in [0.15, 0.2) is 0 Å². The molecule has 40 heavy (non-hydrogen) atoms. The molecule has 2 N–H and O–H groups in total. The van der Waals surface area contributed by atoms with E-state index in [2.05, 4.69) is 13.8 Å². The number of hydrogen-bond donors (Lipinski definition) is 2. The van der Waals surface area contributed by atoms with Crippen LogP contribution in [0.25, 0.3) is 0 Å². The van der Waals surface area contributed by atoms with Gasteiger partial charge >= 0.3 is 5.63 Å². The smallest absolute Gasteiger partial charge is 0.335 e. The average Bonchev–Trinajstić information content (AvgIpc) is 3.21. The molecule has 6 rings (SSSR count). The third kappa shape index (κ3) is 4.62. The number of rotatable bonds is 4. The number of nitro groups is 1. The zero-order chi connectivity index (χ0) is 28.7. The molecule has 0 spiro atoms. The van der Waals surface area contributed by atoms with Crippen LogP contribution in [0.5, 0.6) is 5.75 Å². The second-order valence-corrected chi connectivity index (χ2v) is 12.7. The summed E-state index contributed by atoms with van der Waals surface area (Å²) < 4.78 is 11.5. The van der Waals surface area contributed by atoms with Gasteiger partial charge in [-0.25, -0.2) is 4.79 Å². The molecule has 216 valence electrons. The monoisotopic (exact) mass is 553 g/mol. The van der Waals surface area contributed by atoms with Crippen molar-refractivity contribution in [3.05, 3.63) is 68.8 Å². The van der Waals surface area contributed by atoms with Gasteiger partial charge in [-0.3, -0.25) is 14.9 Å². The number of nitro benzene ring substituents is 1. The van der Waals surface area contributed by atoms with E-state index in [0.29, 0.717) is 23.5 Å². The van der Waals surface area contributed by atoms with Crippen LogP contribution in [-0.4, -0.2) is 33.3 Å². The number of non-ortho nitro benzene ring substituents is 1. The first-order valence-corrected chi connectivity index (χ1v) is 14.4. The maximum absolute atomic E-state index is 12.4. The first-order valence-electron chi connectivity index (χ1n) is 14.4. The number of nitrogens with zero attached hydrogens (tertiary/aromatic N) is 1. The summed E-state index contributed by atoms with van der Waals surface area (Å²) in [6, 6.07) is 9.81. The lowest BCUT2D eigenvalue weighted by molar-refractivity contribution is -0.384. The molecule has 0 amide bonds. The summed E-state index contributed by atoms with van der Waals surface area (Å²) in [6.45, 7) is 4.48. The molecular weight excluding hydrogens is 514 g/mol. The van der Waals surface area contributed by atoms with Crippen LogP contribution in [0.15, 0.2) is 51.9 Å². The second-order valence-electron chi connectivity index (χ2n) is 12.7. The Hall–Kier alpha value is -3.20. The fourth-order valence-corrected chi connectivity index (χ4v) is 9.23. The highest BCUT2D eigenvalue weighted by Gasteiger charge is 2.67. The number of benzene rings is 1. The number of fused-ring (bicyclic) bond motifs is 5. The van der Waals surface area contributed by atoms with Crippen LogP contribution in [0, 0.1) is 38.7 Å². The minimum absolute atomic E-state index is 0.0788. The largest absolute Gasteiger partial charge is 0.490 e. The lowest BCUT2D eigenvalue weighted by Gasteiger charge is -2.63. The topological polar surface area (TPSA) is 140 Å². The van der Waals surface area contributed by atoms with Crippen molar-refractivity contribution in [1.82, 2.24) is 0 Å². The van der Waals surface area contributed by atoms with Gasteiger partial charge in [0.05, 0.1) is 22.9 Å². The fraction of sp³-hybridized carbons (Fsp3) is 0.613. The molecule has 1 aromatic heterocycles. The maximum atomic E-state index is 12.4. The van der Waals surface area contributed by atoms with Gasteiger partial charge in [0, 0.05) is 23.6 Å². The van der Waals surface area contributed by atoms with Crippen LogP contribution < -0.4 is 10.4 Å². The zero-order valence-electron chi connectivity index (χ0n) is 23.2. The highest BCUT2D eigenvalue weighted by Crippen LogP contribution is 2.70. The molecule has 9 heteroatoms. The maximum Gasteiger partial charge on any atom is 0.335 e. The number of carboxylic acid groups (broad SMARTS) is 1. The lowest BCUT2D eigenvalue weighted by atomic mass is 9.43. The van der Waals surface area contributed by atoms with Crippen LogP contribution in [-0.2, 0) is 4.79 Å². The van der Waals surface area contributed by atoms with Gasteiger partial charge in [0.1, 0.15) is 5.75 Å². The Balaban J connectivity index is 0.00000103. The Bertz CT molecular complexity index is 1270. The number of hydrogen-bond acceptors (Lipinski definition) is 7. The molecule has 8 atom stereocenters. The summed E-state index contributed by atoms with van der Waals surface area (Å²) >= 11 is 0. The van der Waals surface area contributed by atoms with Crippen LogP contribution in [0.2, 0.25) is 0 Å². The van der Waals surface area contributed by atoms with E-state index >= 15 is 0 Å². The molecule has 4 aliphatic rings. The van der Waals surface area contributed by atoms with E-state index < -0.39 is 5.60 Å². The minimum atomic E-state index is -0.698. The van der Waals surface area contributed by atoms with Crippen LogP contribution in [0.4, 0.5) is 5.69 Å². The van der Waals surface area contributed by atoms with Crippen molar-refractivity contribution in [3.63, 3.8) is 0 Å². The molecule has 4 fully saturated rings. The molecule has 8 unspecified atom stereocenters. The molecule has 0 aliphatic heterocycles. The Morgan fingerprint density at radius 2 is 1.73 bits per heavy atom. The SMILES string of the molecule is CC12CCC(Oc3ccc([N+](=O)[O-])cc3)CC1CCC1C2CCC2(C)C(c3ccc(=O)oc3)CCC12O.O=CO. The molecule has 1 heterocycles. The molecule has 9 nitrogen and oxygen atoms in total. The Labute approximate surface area is 233 Å². The van der Waals surface area contributed by atoms with Crippen molar-refractivity contribution < 1.29 is 29.1 Å². The van der Waals surface area contributed by atoms with Crippen molar-refractivity contribution in [2.45, 2.75) is 89.3 Å². The Morgan fingerprint density at radius 3 is 2.38 bits per heavy atom. The number of aliphatic hydroxyl groups is 1. The van der Waals surface area contributed by atoms with Gasteiger partial charge in [-0.1, -0.05) is 13.8 Å². The summed E-state index contributed by atoms with van der Waals surface area (Å²) in [6.07, 6.45) is 10.8. The van der Waals surface area contributed by atoms with E-state index in [4.69, 9.17) is 19.1 Å². The molecule has 2 aromatic rings. The fourth-order valence-electron chi connectivity index (χ4n) is 9.23. The quantitative estimate of drug-likeness (QED) is 0.269. The van der Waals surface area contributed by atoms with Gasteiger partial charge < -0.3 is 19.4 Å². The standard InChI is InChI=1S/C30H37NO6.CH2O2/c1-28-14-11-23(37-22-7-5-21(6-8-22)31(34)35)17-20(28)4-9-26-25(28)12-15-29(2)24(13-16-30(26,29)33)19-3-10-27(32)36-18-19;2-1-3/h3,5-8,10,18,20,23-26,33H,4,9,11-17H2,1-2H3;1H,(H,2,3). The van der Waals surface area contributed by atoms with Crippen LogP contribution >= 0.6 is 0 Å². The third-order valence-corrected chi connectivity index (χ3v) is 11.3. The van der Waals surface area contributed by atoms with Crippen molar-refractivity contribution in [2.24, 2.45) is 28.6 Å². The van der Waals surface area contributed by atoms with Gasteiger partial charge in [0.2, 0.25) is 0 Å². The molecule has 1 aromatic carbocycles. The highest BCUT2D eigenvalue weighted by molar-refractivity contribution is 5.36. The van der Waals surface area contributed by atoms with Crippen molar-refractivity contribution in [2.75, 3.05) is 0 Å². The van der Waals surface area contributed by atoms with Crippen molar-refractivity contribution >= 4 is 12.2 Å². The van der Waals surface area contributed by atoms with E-state index in [9.17, 15) is 20.0 Å². The van der Waals surface area contributed by atoms with Crippen molar-refractivity contribution in [1.29, 1.82) is 0 Å². The number of carbonyl (C=O) groups is 1. The van der Waals surface area contributed by atoms with E-state index in [0.717, 1.165) is 63.4 Å². The van der Waals surface area contributed by atoms with Gasteiger partial charge in [-0.05, 0) is 111 Å². The van der Waals surface area contributed by atoms with E-state index in [1.54, 1.807) is 18.4 Å². The average molecular weight is 554 g/mol. The van der Waals surface area contributed by atoms with E-state index in [1.165, 1.54) is 18.2 Å². The summed E-state index contributed by atoms with van der Waals surface area (Å²) in [5.41, 5.74) is 0.0673. The summed E-state index contributed by atoms with van der Waals surface area (Å²) in [5.74, 6) is 2.25. The summed E-state index contributed by atoms with van der Waals surface area (Å²) in [4.78, 5) is 30.5. The van der Waals surface area contributed by atoms with E-state index in [-0.39, 0.29) is 45.6 Å². The summed E-state index contributed by atoms with van der Waals surface area (Å²) in [5, 5.41) is 30.2. The van der Waals surface area contributed by atoms with Gasteiger partial charge in [0.25, 0.3) is 12.2 Å². The normalized spacial score (nSPS) is 38.0. The molecular formula is C31H39NO8. The summed E-state index contributed by atoms with van der Waals surface area (Å²) in [7, 11) is 0. The van der Waals surface area contributed by atoms with Gasteiger partial charge in [-0.2, -0.15) is 0 Å². The first-order chi connectivity index (χ1) is 19.1. The molecule has 0 bridgehead atoms. The predicted molar refractivity (Wildman–Crippen MR) is 147 cm³/mol. The Morgan fingerprint density at radius 1 is 1.00 bits per heavy atom. The lowest BCUT2D eigenvalue weighted by Crippen LogP contribution is -2.62. The van der Waals surface area contributed by atoms with E-state index in [1.807, 2.05) is 6.07 Å². The van der Waals surface area contributed by atoms with Crippen LogP contribution in [0.1, 0.15) is 83.1 Å². The van der Waals surface area contributed by atoms with Crippen molar-refractivity contribution in [3.8, 4) is 5.75 Å². The highest BCUT2D eigenvalue weighted by atomic mass is 16.6. The predicted octanol–water partition coefficient (Wildman–Crippen LogP) is 5.94. The van der Waals surface area contributed by atoms with Gasteiger partial charge in [-0.15, -0.1) is 0 Å². The molecule has 4 aliphatic carbocycles. The minimum Gasteiger partial charge on any atom is -0.490 e. The number of ether oxygens (including phenoxy) is 1. The van der Waals surface area contributed by atoms with Crippen LogP contribution in [0.3, 0.4) is 0 Å². The zero-order valence-corrected chi connectivity index (χ0v) is 23.2. The second kappa shape index (κ2) is 10.7. The third-order valence-electron chi connectivity index (χ3n) is 11.3.